The van der Waals surface area contributed by atoms with E-state index in [4.69, 9.17) is 11.6 Å². The molecule has 1 aliphatic carbocycles. The summed E-state index contributed by atoms with van der Waals surface area (Å²) >= 11 is 6.40. The molecule has 5 aromatic rings. The fourth-order valence-corrected chi connectivity index (χ4v) is 4.25. The van der Waals surface area contributed by atoms with Gasteiger partial charge in [-0.3, -0.25) is 9.48 Å². The van der Waals surface area contributed by atoms with Crippen LogP contribution in [0.15, 0.2) is 55.1 Å². The van der Waals surface area contributed by atoms with Crippen LogP contribution in [0.25, 0.3) is 28.0 Å². The van der Waals surface area contributed by atoms with Gasteiger partial charge >= 0.3 is 0 Å². The maximum Gasteiger partial charge on any atom is 0.259 e. The Morgan fingerprint density at radius 3 is 2.76 bits per heavy atom. The van der Waals surface area contributed by atoms with Crippen LogP contribution in [0, 0.1) is 0 Å². The number of benzene rings is 1. The van der Waals surface area contributed by atoms with Gasteiger partial charge in [0.15, 0.2) is 0 Å². The molecule has 4 aromatic heterocycles. The molecule has 0 saturated heterocycles. The van der Waals surface area contributed by atoms with Crippen molar-refractivity contribution in [3.63, 3.8) is 0 Å². The van der Waals surface area contributed by atoms with E-state index in [0.29, 0.717) is 45.8 Å². The standard InChI is InChI=1S/C25H24ClN9O2/c1-25(2,37)14-33-13-17(11-27-33)15-7-8-34-22(10-15)19(12-28-34)24(36)29-21-9-16(3-6-20(21)26)23-30-32-35(31-23)18-4-5-18/h3,6-13,18,37H,4-5,14H2,1-2H3,(H,29,36). The molecule has 4 heterocycles. The average Bonchev–Trinajstić information content (AvgIpc) is 3.23. The predicted octanol–water partition coefficient (Wildman–Crippen LogP) is 3.86. The van der Waals surface area contributed by atoms with E-state index in [-0.39, 0.29) is 5.91 Å². The van der Waals surface area contributed by atoms with E-state index >= 15 is 0 Å². The first-order valence-electron chi connectivity index (χ1n) is 11.9. The Morgan fingerprint density at radius 2 is 1.97 bits per heavy atom. The summed E-state index contributed by atoms with van der Waals surface area (Å²) < 4.78 is 3.33. The zero-order chi connectivity index (χ0) is 25.7. The smallest absolute Gasteiger partial charge is 0.259 e. The van der Waals surface area contributed by atoms with Crippen molar-refractivity contribution in [1.82, 2.24) is 39.6 Å². The Labute approximate surface area is 216 Å². The van der Waals surface area contributed by atoms with E-state index in [2.05, 4.69) is 30.9 Å². The molecule has 1 amide bonds. The number of rotatable bonds is 7. The number of aromatic nitrogens is 8. The van der Waals surface area contributed by atoms with Crippen LogP contribution in [0.3, 0.4) is 0 Å². The number of aliphatic hydroxyl groups is 1. The van der Waals surface area contributed by atoms with Crippen molar-refractivity contribution in [2.45, 2.75) is 44.9 Å². The second-order valence-corrected chi connectivity index (χ2v) is 10.3. The van der Waals surface area contributed by atoms with Gasteiger partial charge in [0.2, 0.25) is 5.82 Å². The summed E-state index contributed by atoms with van der Waals surface area (Å²) in [5.74, 6) is 0.128. The number of amides is 1. The Kier molecular flexibility index (Phi) is 5.54. The van der Waals surface area contributed by atoms with Crippen LogP contribution >= 0.6 is 11.6 Å². The average molecular weight is 518 g/mol. The van der Waals surface area contributed by atoms with Crippen LogP contribution in [0.1, 0.15) is 43.1 Å². The van der Waals surface area contributed by atoms with Gasteiger partial charge in [-0.2, -0.15) is 15.0 Å². The number of fused-ring (bicyclic) bond motifs is 1. The maximum atomic E-state index is 13.3. The van der Waals surface area contributed by atoms with Crippen LogP contribution in [-0.2, 0) is 6.54 Å². The van der Waals surface area contributed by atoms with Crippen LogP contribution in [0.5, 0.6) is 0 Å². The van der Waals surface area contributed by atoms with Gasteiger partial charge < -0.3 is 10.4 Å². The Bertz CT molecular complexity index is 1620. The lowest BCUT2D eigenvalue weighted by atomic mass is 10.1. The second-order valence-electron chi connectivity index (χ2n) is 9.86. The minimum Gasteiger partial charge on any atom is -0.389 e. The van der Waals surface area contributed by atoms with Crippen molar-refractivity contribution >= 4 is 28.7 Å². The molecule has 188 valence electrons. The predicted molar refractivity (Wildman–Crippen MR) is 137 cm³/mol. The first kappa shape index (κ1) is 23.3. The van der Waals surface area contributed by atoms with Crippen molar-refractivity contribution in [3.8, 4) is 22.5 Å². The molecule has 1 aliphatic rings. The van der Waals surface area contributed by atoms with Crippen molar-refractivity contribution in [2.75, 3.05) is 5.32 Å². The summed E-state index contributed by atoms with van der Waals surface area (Å²) in [6.45, 7) is 3.82. The zero-order valence-electron chi connectivity index (χ0n) is 20.2. The first-order chi connectivity index (χ1) is 17.7. The second kappa shape index (κ2) is 8.79. The summed E-state index contributed by atoms with van der Waals surface area (Å²) in [5, 5.41) is 34.7. The van der Waals surface area contributed by atoms with Gasteiger partial charge in [0.1, 0.15) is 0 Å². The molecule has 1 fully saturated rings. The van der Waals surface area contributed by atoms with Crippen molar-refractivity contribution in [2.24, 2.45) is 0 Å². The largest absolute Gasteiger partial charge is 0.389 e. The van der Waals surface area contributed by atoms with Crippen molar-refractivity contribution in [3.05, 3.63) is 65.7 Å². The molecule has 0 bridgehead atoms. The topological polar surface area (TPSA) is 128 Å². The Hall–Kier alpha value is -4.09. The van der Waals surface area contributed by atoms with Crippen LogP contribution in [0.4, 0.5) is 5.69 Å². The summed E-state index contributed by atoms with van der Waals surface area (Å²) in [5.41, 5.74) is 3.02. The highest BCUT2D eigenvalue weighted by atomic mass is 35.5. The molecule has 1 saturated carbocycles. The summed E-state index contributed by atoms with van der Waals surface area (Å²) in [6.07, 6.45) is 9.01. The number of carbonyl (C=O) groups excluding carboxylic acids is 1. The molecule has 1 aromatic carbocycles. The highest BCUT2D eigenvalue weighted by molar-refractivity contribution is 6.34. The molecule has 2 N–H and O–H groups in total. The summed E-state index contributed by atoms with van der Waals surface area (Å²) in [4.78, 5) is 14.9. The molecular weight excluding hydrogens is 494 g/mol. The van der Waals surface area contributed by atoms with Crippen LogP contribution < -0.4 is 5.32 Å². The van der Waals surface area contributed by atoms with Gasteiger partial charge in [-0.15, -0.1) is 10.2 Å². The normalized spacial score (nSPS) is 13.8. The molecule has 6 rings (SSSR count). The number of nitrogens with zero attached hydrogens (tertiary/aromatic N) is 8. The van der Waals surface area contributed by atoms with Crippen LogP contribution in [-0.4, -0.2) is 56.2 Å². The summed E-state index contributed by atoms with van der Waals surface area (Å²) in [6, 6.07) is 9.34. The van der Waals surface area contributed by atoms with E-state index in [1.165, 1.54) is 6.20 Å². The van der Waals surface area contributed by atoms with Gasteiger partial charge in [-0.1, -0.05) is 11.6 Å². The third-order valence-corrected chi connectivity index (χ3v) is 6.39. The van der Waals surface area contributed by atoms with E-state index < -0.39 is 5.60 Å². The van der Waals surface area contributed by atoms with E-state index in [1.54, 1.807) is 58.4 Å². The van der Waals surface area contributed by atoms with Crippen molar-refractivity contribution < 1.29 is 9.90 Å². The maximum absolute atomic E-state index is 13.3. The molecule has 0 radical (unpaired) electrons. The number of hydrogen-bond donors (Lipinski definition) is 2. The highest BCUT2D eigenvalue weighted by Gasteiger charge is 2.26. The number of pyridine rings is 1. The van der Waals surface area contributed by atoms with Gasteiger partial charge in [-0.05, 0) is 67.8 Å². The van der Waals surface area contributed by atoms with E-state index in [0.717, 1.165) is 24.0 Å². The molecule has 0 spiro atoms. The number of hydrogen-bond acceptors (Lipinski definition) is 7. The minimum atomic E-state index is -0.883. The number of tetrazole rings is 1. The van der Waals surface area contributed by atoms with Gasteiger partial charge in [0, 0.05) is 23.5 Å². The third-order valence-electron chi connectivity index (χ3n) is 6.06. The lowest BCUT2D eigenvalue weighted by molar-refractivity contribution is 0.0577. The summed E-state index contributed by atoms with van der Waals surface area (Å²) in [7, 11) is 0. The van der Waals surface area contributed by atoms with Gasteiger partial charge in [-0.25, -0.2) is 4.52 Å². The highest BCUT2D eigenvalue weighted by Crippen LogP contribution is 2.34. The molecule has 37 heavy (non-hydrogen) atoms. The Balaban J connectivity index is 1.26. The lowest BCUT2D eigenvalue weighted by Gasteiger charge is -2.16. The fraction of sp³-hybridized carbons (Fsp3) is 0.280. The molecule has 0 atom stereocenters. The van der Waals surface area contributed by atoms with Gasteiger partial charge in [0.25, 0.3) is 5.91 Å². The first-order valence-corrected chi connectivity index (χ1v) is 12.2. The SMILES string of the molecule is CC(C)(O)Cn1cc(-c2ccn3ncc(C(=O)Nc4cc(-c5nnn(C6CC6)n5)ccc4Cl)c3c2)cn1. The fourth-order valence-electron chi connectivity index (χ4n) is 4.08. The number of nitrogens with one attached hydrogen (secondary N) is 1. The number of halogens is 1. The lowest BCUT2D eigenvalue weighted by Crippen LogP contribution is -2.26. The minimum absolute atomic E-state index is 0.323. The van der Waals surface area contributed by atoms with E-state index in [9.17, 15) is 9.90 Å². The third kappa shape index (κ3) is 4.83. The molecule has 0 aliphatic heterocycles. The van der Waals surface area contributed by atoms with Crippen molar-refractivity contribution in [1.29, 1.82) is 0 Å². The molecule has 11 nitrogen and oxygen atoms in total. The molecular formula is C25H24ClN9O2. The van der Waals surface area contributed by atoms with E-state index in [1.807, 2.05) is 18.3 Å². The monoisotopic (exact) mass is 517 g/mol. The number of anilines is 1. The number of carbonyl (C=O) groups is 1. The molecule has 0 unspecified atom stereocenters. The van der Waals surface area contributed by atoms with Crippen LogP contribution in [0.2, 0.25) is 5.02 Å². The molecule has 12 heteroatoms. The van der Waals surface area contributed by atoms with Gasteiger partial charge in [0.05, 0.1) is 52.4 Å². The quantitative estimate of drug-likeness (QED) is 0.335. The zero-order valence-corrected chi connectivity index (χ0v) is 21.0. The Morgan fingerprint density at radius 1 is 1.14 bits per heavy atom.